The molecule has 2 heterocycles. The highest BCUT2D eigenvalue weighted by molar-refractivity contribution is 14.1. The van der Waals surface area contributed by atoms with Crippen LogP contribution in [0.2, 0.25) is 0 Å². The Morgan fingerprint density at radius 1 is 0.760 bits per heavy atom. The second kappa shape index (κ2) is 10.5. The second-order valence-electron chi connectivity index (χ2n) is 6.49. The van der Waals surface area contributed by atoms with E-state index < -0.39 is 0 Å². The summed E-state index contributed by atoms with van der Waals surface area (Å²) >= 11 is 2.39. The van der Waals surface area contributed by atoms with Crippen LogP contribution in [0.4, 0.5) is 11.4 Å². The number of rotatable bonds is 8. The topological polar surface area (TPSA) is 49.0 Å². The van der Waals surface area contributed by atoms with Gasteiger partial charge in [0.1, 0.15) is 0 Å². The van der Waals surface area contributed by atoms with Crippen LogP contribution in [-0.2, 0) is 9.47 Å². The molecule has 0 aromatic heterocycles. The number of hydrogen-bond acceptors (Lipinski definition) is 6. The third-order valence-electron chi connectivity index (χ3n) is 4.62. The van der Waals surface area contributed by atoms with E-state index in [1.54, 1.807) is 0 Å². The van der Waals surface area contributed by atoms with Crippen LogP contribution in [0.5, 0.6) is 0 Å². The molecule has 3 rings (SSSR count). The van der Waals surface area contributed by atoms with Crippen molar-refractivity contribution in [3.63, 3.8) is 0 Å². The van der Waals surface area contributed by atoms with Crippen molar-refractivity contribution in [2.75, 3.05) is 89.4 Å². The molecule has 0 saturated carbocycles. The van der Waals surface area contributed by atoms with Gasteiger partial charge in [0.25, 0.3) is 0 Å². The monoisotopic (exact) mass is 460 g/mol. The van der Waals surface area contributed by atoms with E-state index in [1.807, 2.05) is 0 Å². The highest BCUT2D eigenvalue weighted by Gasteiger charge is 2.10. The van der Waals surface area contributed by atoms with E-state index in [0.717, 1.165) is 78.8 Å². The molecule has 0 amide bonds. The molecule has 2 fully saturated rings. The maximum Gasteiger partial charge on any atom is 0.0594 e. The van der Waals surface area contributed by atoms with E-state index in [4.69, 9.17) is 9.47 Å². The van der Waals surface area contributed by atoms with Crippen molar-refractivity contribution < 1.29 is 9.47 Å². The van der Waals surface area contributed by atoms with Crippen LogP contribution in [0.15, 0.2) is 18.2 Å². The molecule has 25 heavy (non-hydrogen) atoms. The first-order valence-corrected chi connectivity index (χ1v) is 10.3. The third-order valence-corrected chi connectivity index (χ3v) is 5.24. The molecule has 0 unspecified atom stereocenters. The predicted molar refractivity (Wildman–Crippen MR) is 111 cm³/mol. The molecule has 0 atom stereocenters. The Morgan fingerprint density at radius 3 is 1.64 bits per heavy atom. The molecule has 1 aromatic rings. The first-order chi connectivity index (χ1) is 12.3. The molecule has 7 heteroatoms. The molecular formula is C18H29IN4O2. The smallest absolute Gasteiger partial charge is 0.0594 e. The van der Waals surface area contributed by atoms with E-state index in [2.05, 4.69) is 61.2 Å². The lowest BCUT2D eigenvalue weighted by molar-refractivity contribution is 0.0398. The van der Waals surface area contributed by atoms with Crippen molar-refractivity contribution in [1.29, 1.82) is 0 Å². The summed E-state index contributed by atoms with van der Waals surface area (Å²) in [4.78, 5) is 4.90. The molecule has 6 nitrogen and oxygen atoms in total. The van der Waals surface area contributed by atoms with E-state index in [9.17, 15) is 0 Å². The Morgan fingerprint density at radius 2 is 1.20 bits per heavy atom. The predicted octanol–water partition coefficient (Wildman–Crippen LogP) is 1.78. The lowest BCUT2D eigenvalue weighted by atomic mass is 10.2. The average Bonchev–Trinajstić information content (AvgIpc) is 2.63. The Bertz CT molecular complexity index is 478. The Labute approximate surface area is 164 Å². The Hall–Kier alpha value is -0.610. The van der Waals surface area contributed by atoms with E-state index in [-0.39, 0.29) is 0 Å². The van der Waals surface area contributed by atoms with Gasteiger partial charge in [-0.1, -0.05) is 0 Å². The highest BCUT2D eigenvalue weighted by Crippen LogP contribution is 2.20. The summed E-state index contributed by atoms with van der Waals surface area (Å²) < 4.78 is 12.0. The summed E-state index contributed by atoms with van der Waals surface area (Å²) in [5.74, 6) is 0. The minimum atomic E-state index is 0.862. The number of benzene rings is 1. The highest BCUT2D eigenvalue weighted by atomic mass is 127. The minimum Gasteiger partial charge on any atom is -0.384 e. The lowest BCUT2D eigenvalue weighted by Gasteiger charge is -2.27. The molecule has 2 aliphatic rings. The fourth-order valence-corrected chi connectivity index (χ4v) is 3.83. The van der Waals surface area contributed by atoms with Crippen LogP contribution >= 0.6 is 22.6 Å². The van der Waals surface area contributed by atoms with Gasteiger partial charge in [0.15, 0.2) is 0 Å². The van der Waals surface area contributed by atoms with Crippen molar-refractivity contribution in [3.8, 4) is 0 Å². The second-order valence-corrected chi connectivity index (χ2v) is 7.74. The molecule has 2 saturated heterocycles. The van der Waals surface area contributed by atoms with Gasteiger partial charge in [-0.3, -0.25) is 9.80 Å². The quantitative estimate of drug-likeness (QED) is 0.577. The van der Waals surface area contributed by atoms with Gasteiger partial charge in [-0.25, -0.2) is 0 Å². The van der Waals surface area contributed by atoms with Crippen molar-refractivity contribution in [3.05, 3.63) is 21.8 Å². The van der Waals surface area contributed by atoms with Gasteiger partial charge in [-0.2, -0.15) is 0 Å². The van der Waals surface area contributed by atoms with Crippen molar-refractivity contribution in [2.24, 2.45) is 0 Å². The van der Waals surface area contributed by atoms with Gasteiger partial charge in [0, 0.05) is 67.3 Å². The summed E-state index contributed by atoms with van der Waals surface area (Å²) in [6.45, 7) is 11.7. The number of halogens is 1. The maximum atomic E-state index is 5.40. The molecule has 0 spiro atoms. The summed E-state index contributed by atoms with van der Waals surface area (Å²) in [6.07, 6.45) is 0. The fourth-order valence-electron chi connectivity index (χ4n) is 3.16. The maximum absolute atomic E-state index is 5.40. The van der Waals surface area contributed by atoms with E-state index >= 15 is 0 Å². The van der Waals surface area contributed by atoms with Crippen LogP contribution < -0.4 is 10.6 Å². The summed E-state index contributed by atoms with van der Waals surface area (Å²) in [6, 6.07) is 6.61. The summed E-state index contributed by atoms with van der Waals surface area (Å²) in [7, 11) is 0. The van der Waals surface area contributed by atoms with Gasteiger partial charge in [-0.05, 0) is 40.8 Å². The van der Waals surface area contributed by atoms with E-state index in [0.29, 0.717) is 0 Å². The van der Waals surface area contributed by atoms with Gasteiger partial charge in [0.05, 0.1) is 26.4 Å². The molecule has 1 aromatic carbocycles. The average molecular weight is 460 g/mol. The first kappa shape index (κ1) is 19.2. The SMILES string of the molecule is Ic1cc(NCCN2CCOCC2)cc(NCCN2CCOCC2)c1. The minimum absolute atomic E-state index is 0.862. The van der Waals surface area contributed by atoms with Crippen LogP contribution in [0.3, 0.4) is 0 Å². The summed E-state index contributed by atoms with van der Waals surface area (Å²) in [5.41, 5.74) is 2.38. The standard InChI is InChI=1S/C18H29IN4O2/c19-16-13-17(20-1-3-22-5-9-24-10-6-22)15-18(14-16)21-2-4-23-7-11-25-12-8-23/h13-15,20-21H,1-12H2. The van der Waals surface area contributed by atoms with Crippen molar-refractivity contribution >= 4 is 34.0 Å². The zero-order chi connectivity index (χ0) is 17.3. The number of nitrogens with zero attached hydrogens (tertiary/aromatic N) is 2. The molecule has 0 bridgehead atoms. The summed E-state index contributed by atoms with van der Waals surface area (Å²) in [5, 5.41) is 7.12. The van der Waals surface area contributed by atoms with Gasteiger partial charge >= 0.3 is 0 Å². The zero-order valence-electron chi connectivity index (χ0n) is 14.8. The van der Waals surface area contributed by atoms with E-state index in [1.165, 1.54) is 14.9 Å². The number of nitrogens with one attached hydrogen (secondary N) is 2. The molecular weight excluding hydrogens is 431 g/mol. The number of hydrogen-bond donors (Lipinski definition) is 2. The molecule has 2 aliphatic heterocycles. The molecule has 2 N–H and O–H groups in total. The zero-order valence-corrected chi connectivity index (χ0v) is 17.0. The number of anilines is 2. The fraction of sp³-hybridized carbons (Fsp3) is 0.667. The lowest BCUT2D eigenvalue weighted by Crippen LogP contribution is -2.39. The molecule has 0 radical (unpaired) electrons. The Kier molecular flexibility index (Phi) is 8.06. The van der Waals surface area contributed by atoms with Gasteiger partial charge < -0.3 is 20.1 Å². The molecule has 0 aliphatic carbocycles. The van der Waals surface area contributed by atoms with Crippen LogP contribution in [0, 0.1) is 3.57 Å². The van der Waals surface area contributed by atoms with Gasteiger partial charge in [0.2, 0.25) is 0 Å². The van der Waals surface area contributed by atoms with Crippen LogP contribution in [-0.4, -0.2) is 88.6 Å². The van der Waals surface area contributed by atoms with Crippen LogP contribution in [0.25, 0.3) is 0 Å². The van der Waals surface area contributed by atoms with Gasteiger partial charge in [-0.15, -0.1) is 0 Å². The van der Waals surface area contributed by atoms with Crippen molar-refractivity contribution in [2.45, 2.75) is 0 Å². The normalized spacial score (nSPS) is 19.7. The Balaban J connectivity index is 1.41. The third kappa shape index (κ3) is 6.90. The van der Waals surface area contributed by atoms with Crippen molar-refractivity contribution in [1.82, 2.24) is 9.80 Å². The first-order valence-electron chi connectivity index (χ1n) is 9.18. The van der Waals surface area contributed by atoms with Crippen LogP contribution in [0.1, 0.15) is 0 Å². The largest absolute Gasteiger partial charge is 0.384 e. The number of morpholine rings is 2. The molecule has 140 valence electrons. The number of ether oxygens (including phenoxy) is 2.